The third-order valence-corrected chi connectivity index (χ3v) is 6.15. The van der Waals surface area contributed by atoms with E-state index in [9.17, 15) is 14.9 Å². The molecule has 7 heteroatoms. The van der Waals surface area contributed by atoms with Crippen molar-refractivity contribution in [1.82, 2.24) is 14.8 Å². The van der Waals surface area contributed by atoms with Gasteiger partial charge in [0.1, 0.15) is 17.3 Å². The summed E-state index contributed by atoms with van der Waals surface area (Å²) in [5.41, 5.74) is 2.59. The summed E-state index contributed by atoms with van der Waals surface area (Å²) >= 11 is 0. The maximum Gasteiger partial charge on any atom is 0.181 e. The normalized spacial score (nSPS) is 18.4. The number of hydrogen-bond donors (Lipinski definition) is 0. The van der Waals surface area contributed by atoms with E-state index in [0.717, 1.165) is 36.9 Å². The molecule has 1 aromatic rings. The van der Waals surface area contributed by atoms with Crippen LogP contribution in [0.15, 0.2) is 17.8 Å². The second-order valence-corrected chi connectivity index (χ2v) is 8.63. The molecule has 7 nitrogen and oxygen atoms in total. The molecular formula is C23H30N4O3. The number of nitriles is 1. The van der Waals surface area contributed by atoms with E-state index in [1.165, 1.54) is 0 Å². The molecule has 0 atom stereocenters. The van der Waals surface area contributed by atoms with Gasteiger partial charge in [0.2, 0.25) is 0 Å². The van der Waals surface area contributed by atoms with Gasteiger partial charge in [-0.25, -0.2) is 0 Å². The predicted molar refractivity (Wildman–Crippen MR) is 114 cm³/mol. The maximum atomic E-state index is 12.7. The van der Waals surface area contributed by atoms with Gasteiger partial charge in [-0.2, -0.15) is 5.26 Å². The van der Waals surface area contributed by atoms with Crippen LogP contribution in [0.3, 0.4) is 0 Å². The van der Waals surface area contributed by atoms with E-state index in [4.69, 9.17) is 4.74 Å². The second kappa shape index (κ2) is 9.07. The van der Waals surface area contributed by atoms with Crippen LogP contribution in [0.4, 0.5) is 0 Å². The number of likely N-dealkylation sites (tertiary alicyclic amines) is 1. The Balaban J connectivity index is 1.92. The Morgan fingerprint density at radius 2 is 2.07 bits per heavy atom. The average Bonchev–Trinajstić information content (AvgIpc) is 2.73. The van der Waals surface area contributed by atoms with Gasteiger partial charge in [-0.3, -0.25) is 14.6 Å². The van der Waals surface area contributed by atoms with E-state index in [-0.39, 0.29) is 29.2 Å². The fourth-order valence-corrected chi connectivity index (χ4v) is 4.06. The molecule has 0 amide bonds. The minimum atomic E-state index is -0.197. The molecule has 0 saturated carbocycles. The minimum Gasteiger partial charge on any atom is -0.378 e. The van der Waals surface area contributed by atoms with Crippen LogP contribution < -0.4 is 0 Å². The lowest BCUT2D eigenvalue weighted by Crippen LogP contribution is -2.43. The van der Waals surface area contributed by atoms with Crippen LogP contribution >= 0.6 is 0 Å². The van der Waals surface area contributed by atoms with Crippen molar-refractivity contribution < 1.29 is 14.3 Å². The van der Waals surface area contributed by atoms with Crippen LogP contribution in [0.1, 0.15) is 54.2 Å². The zero-order valence-electron chi connectivity index (χ0n) is 18.3. The SMILES string of the molecule is COC1(C)CCN(C2=C(C#N)C(=O)Cc3cnc(C(=O)CCCN(C)C)cc32)CC1. The van der Waals surface area contributed by atoms with E-state index in [2.05, 4.69) is 22.9 Å². The molecule has 0 bridgehead atoms. The Labute approximate surface area is 178 Å². The number of ether oxygens (including phenoxy) is 1. The Kier molecular flexibility index (Phi) is 6.69. The number of allylic oxidation sites excluding steroid dienone is 1. The molecule has 0 spiro atoms. The smallest absolute Gasteiger partial charge is 0.181 e. The highest BCUT2D eigenvalue weighted by Gasteiger charge is 2.35. The number of fused-ring (bicyclic) bond motifs is 1. The van der Waals surface area contributed by atoms with E-state index in [1.54, 1.807) is 19.4 Å². The van der Waals surface area contributed by atoms with Crippen molar-refractivity contribution in [3.05, 3.63) is 34.7 Å². The first-order chi connectivity index (χ1) is 14.3. The van der Waals surface area contributed by atoms with E-state index in [1.807, 2.05) is 19.0 Å². The molecule has 1 aliphatic heterocycles. The number of carbonyl (C=O) groups excluding carboxylic acids is 2. The van der Waals surface area contributed by atoms with Crippen LogP contribution in [0.25, 0.3) is 5.70 Å². The van der Waals surface area contributed by atoms with Crippen molar-refractivity contribution in [2.75, 3.05) is 40.8 Å². The highest BCUT2D eigenvalue weighted by Crippen LogP contribution is 2.36. The maximum absolute atomic E-state index is 12.7. The van der Waals surface area contributed by atoms with Crippen LogP contribution in [-0.4, -0.2) is 72.8 Å². The molecule has 0 N–H and O–H groups in total. The van der Waals surface area contributed by atoms with Gasteiger partial charge in [0, 0.05) is 44.8 Å². The minimum absolute atomic E-state index is 0.0139. The van der Waals surface area contributed by atoms with Crippen LogP contribution in [0.5, 0.6) is 0 Å². The van der Waals surface area contributed by atoms with E-state index in [0.29, 0.717) is 30.9 Å². The first-order valence-electron chi connectivity index (χ1n) is 10.4. The Morgan fingerprint density at radius 1 is 1.37 bits per heavy atom. The quantitative estimate of drug-likeness (QED) is 0.638. The van der Waals surface area contributed by atoms with Crippen molar-refractivity contribution >= 4 is 17.3 Å². The van der Waals surface area contributed by atoms with Gasteiger partial charge in [0.25, 0.3) is 0 Å². The molecule has 30 heavy (non-hydrogen) atoms. The van der Waals surface area contributed by atoms with Crippen molar-refractivity contribution in [1.29, 1.82) is 5.26 Å². The Hall–Kier alpha value is -2.56. The highest BCUT2D eigenvalue weighted by molar-refractivity contribution is 6.10. The first kappa shape index (κ1) is 22.1. The number of nitrogens with zero attached hydrogens (tertiary/aromatic N) is 4. The molecule has 0 radical (unpaired) electrons. The zero-order chi connectivity index (χ0) is 21.9. The first-order valence-corrected chi connectivity index (χ1v) is 10.4. The summed E-state index contributed by atoms with van der Waals surface area (Å²) in [4.78, 5) is 33.8. The topological polar surface area (TPSA) is 86.5 Å². The Morgan fingerprint density at radius 3 is 2.67 bits per heavy atom. The summed E-state index contributed by atoms with van der Waals surface area (Å²) in [5.74, 6) is -0.202. The lowest BCUT2D eigenvalue weighted by Gasteiger charge is -2.41. The van der Waals surface area contributed by atoms with Crippen molar-refractivity contribution in [2.24, 2.45) is 0 Å². The number of pyridine rings is 1. The fourth-order valence-electron chi connectivity index (χ4n) is 4.06. The molecular weight excluding hydrogens is 380 g/mol. The molecule has 160 valence electrons. The summed E-state index contributed by atoms with van der Waals surface area (Å²) < 4.78 is 5.63. The number of aromatic nitrogens is 1. The van der Waals surface area contributed by atoms with Gasteiger partial charge in [0.05, 0.1) is 11.3 Å². The average molecular weight is 411 g/mol. The van der Waals surface area contributed by atoms with Crippen molar-refractivity contribution in [3.8, 4) is 6.07 Å². The largest absolute Gasteiger partial charge is 0.378 e. The van der Waals surface area contributed by atoms with Crippen molar-refractivity contribution in [2.45, 2.75) is 44.6 Å². The number of rotatable bonds is 7. The molecule has 3 rings (SSSR count). The molecule has 1 aromatic heterocycles. The number of Topliss-reactive ketones (excluding diaryl/α,β-unsaturated/α-hetero) is 2. The van der Waals surface area contributed by atoms with Crippen molar-refractivity contribution in [3.63, 3.8) is 0 Å². The lowest BCUT2D eigenvalue weighted by atomic mass is 9.86. The number of hydrogen-bond acceptors (Lipinski definition) is 7. The molecule has 0 aromatic carbocycles. The van der Waals surface area contributed by atoms with Gasteiger partial charge in [-0.15, -0.1) is 0 Å². The molecule has 1 aliphatic carbocycles. The van der Waals surface area contributed by atoms with E-state index >= 15 is 0 Å². The summed E-state index contributed by atoms with van der Waals surface area (Å²) in [6.45, 7) is 4.29. The number of methoxy groups -OCH3 is 1. The zero-order valence-corrected chi connectivity index (χ0v) is 18.3. The molecule has 1 saturated heterocycles. The number of piperidine rings is 1. The van der Waals surface area contributed by atoms with Gasteiger partial charge >= 0.3 is 0 Å². The standard InChI is InChI=1S/C23H30N4O3/c1-23(30-4)7-10-27(11-8-23)22-17-13-19(20(28)6-5-9-26(2)3)25-15-16(17)12-21(29)18(22)14-24/h13,15H,5-12H2,1-4H3. The lowest BCUT2D eigenvalue weighted by molar-refractivity contribution is -0.114. The molecule has 2 aliphatic rings. The van der Waals surface area contributed by atoms with Crippen LogP contribution in [0, 0.1) is 11.3 Å². The van der Waals surface area contributed by atoms with Crippen LogP contribution in [0.2, 0.25) is 0 Å². The summed E-state index contributed by atoms with van der Waals surface area (Å²) in [6, 6.07) is 3.89. The van der Waals surface area contributed by atoms with E-state index < -0.39 is 0 Å². The summed E-state index contributed by atoms with van der Waals surface area (Å²) in [7, 11) is 5.67. The summed E-state index contributed by atoms with van der Waals surface area (Å²) in [5, 5.41) is 9.72. The fraction of sp³-hybridized carbons (Fsp3) is 0.565. The highest BCUT2D eigenvalue weighted by atomic mass is 16.5. The number of ketones is 2. The van der Waals surface area contributed by atoms with Gasteiger partial charge in [-0.05, 0) is 58.5 Å². The third kappa shape index (κ3) is 4.61. The molecule has 1 fully saturated rings. The Bertz CT molecular complexity index is 906. The summed E-state index contributed by atoms with van der Waals surface area (Å²) in [6.07, 6.45) is 4.56. The third-order valence-electron chi connectivity index (χ3n) is 6.15. The predicted octanol–water partition coefficient (Wildman–Crippen LogP) is 2.47. The number of carbonyl (C=O) groups is 2. The van der Waals surface area contributed by atoms with Gasteiger partial charge in [-0.1, -0.05) is 0 Å². The molecule has 0 unspecified atom stereocenters. The second-order valence-electron chi connectivity index (χ2n) is 8.63. The van der Waals surface area contributed by atoms with Crippen LogP contribution in [-0.2, 0) is 16.0 Å². The monoisotopic (exact) mass is 410 g/mol. The van der Waals surface area contributed by atoms with Gasteiger partial charge in [0.15, 0.2) is 11.6 Å². The van der Waals surface area contributed by atoms with Gasteiger partial charge < -0.3 is 14.5 Å². The molecule has 2 heterocycles.